The molecule has 26 heavy (non-hydrogen) atoms. The second-order valence-corrected chi connectivity index (χ2v) is 7.10. The molecular formula is C22H16N2OS. The Labute approximate surface area is 155 Å². The second kappa shape index (κ2) is 6.00. The average Bonchev–Trinajstić information content (AvgIpc) is 3.25. The summed E-state index contributed by atoms with van der Waals surface area (Å²) < 4.78 is 8.83. The Morgan fingerprint density at radius 1 is 0.808 bits per heavy atom. The molecule has 3 aromatic carbocycles. The van der Waals surface area contributed by atoms with Gasteiger partial charge in [0.15, 0.2) is 4.96 Å². The Morgan fingerprint density at radius 3 is 2.31 bits per heavy atom. The molecule has 0 amide bonds. The van der Waals surface area contributed by atoms with E-state index in [4.69, 9.17) is 9.72 Å². The Morgan fingerprint density at radius 2 is 1.54 bits per heavy atom. The molecule has 0 aliphatic rings. The topological polar surface area (TPSA) is 26.5 Å². The lowest BCUT2D eigenvalue weighted by Crippen LogP contribution is -1.90. The Bertz CT molecular complexity index is 1200. The quantitative estimate of drug-likeness (QED) is 0.403. The van der Waals surface area contributed by atoms with Crippen molar-refractivity contribution in [1.82, 2.24) is 9.38 Å². The first-order valence-corrected chi connectivity index (χ1v) is 9.26. The number of rotatable bonds is 3. The van der Waals surface area contributed by atoms with E-state index in [1.807, 2.05) is 18.2 Å². The molecule has 2 heterocycles. The van der Waals surface area contributed by atoms with E-state index in [9.17, 15) is 0 Å². The average molecular weight is 356 g/mol. The number of hydrogen-bond acceptors (Lipinski definition) is 3. The molecule has 5 aromatic rings. The van der Waals surface area contributed by atoms with E-state index in [0.717, 1.165) is 33.2 Å². The lowest BCUT2D eigenvalue weighted by atomic mass is 10.0. The predicted molar refractivity (Wildman–Crippen MR) is 108 cm³/mol. The minimum atomic E-state index is 0.853. The molecule has 0 saturated carbocycles. The van der Waals surface area contributed by atoms with Crippen molar-refractivity contribution >= 4 is 26.5 Å². The van der Waals surface area contributed by atoms with E-state index < -0.39 is 0 Å². The first-order chi connectivity index (χ1) is 12.8. The Balaban J connectivity index is 1.86. The summed E-state index contributed by atoms with van der Waals surface area (Å²) in [5.41, 5.74) is 5.56. The van der Waals surface area contributed by atoms with Gasteiger partial charge in [-0.1, -0.05) is 53.8 Å². The first-order valence-electron chi connectivity index (χ1n) is 8.45. The molecule has 4 heteroatoms. The minimum absolute atomic E-state index is 0.853. The first kappa shape index (κ1) is 15.2. The van der Waals surface area contributed by atoms with Gasteiger partial charge in [-0.2, -0.15) is 0 Å². The monoisotopic (exact) mass is 356 g/mol. The molecule has 0 unspecified atom stereocenters. The predicted octanol–water partition coefficient (Wildman–Crippen LogP) is 5.89. The second-order valence-electron chi connectivity index (χ2n) is 6.09. The van der Waals surface area contributed by atoms with Crippen molar-refractivity contribution in [2.45, 2.75) is 0 Å². The third-order valence-corrected chi connectivity index (χ3v) is 5.59. The number of nitrogens with zero attached hydrogens (tertiary/aromatic N) is 2. The van der Waals surface area contributed by atoms with Gasteiger partial charge in [-0.25, -0.2) is 4.98 Å². The maximum Gasteiger partial charge on any atom is 0.195 e. The highest BCUT2D eigenvalue weighted by molar-refractivity contribution is 7.23. The minimum Gasteiger partial charge on any atom is -0.497 e. The molecule has 0 aliphatic carbocycles. The van der Waals surface area contributed by atoms with Crippen LogP contribution in [-0.2, 0) is 0 Å². The van der Waals surface area contributed by atoms with E-state index in [1.165, 1.54) is 10.2 Å². The largest absolute Gasteiger partial charge is 0.497 e. The number of ether oxygens (including phenoxy) is 1. The Hall–Kier alpha value is -3.11. The van der Waals surface area contributed by atoms with Crippen molar-refractivity contribution in [3.8, 4) is 28.3 Å². The maximum atomic E-state index is 5.32. The van der Waals surface area contributed by atoms with Crippen LogP contribution in [0.5, 0.6) is 5.75 Å². The van der Waals surface area contributed by atoms with Crippen molar-refractivity contribution in [2.75, 3.05) is 7.11 Å². The highest BCUT2D eigenvalue weighted by Gasteiger charge is 2.19. The van der Waals surface area contributed by atoms with Crippen molar-refractivity contribution in [2.24, 2.45) is 0 Å². The van der Waals surface area contributed by atoms with Gasteiger partial charge in [0.1, 0.15) is 5.75 Å². The summed E-state index contributed by atoms with van der Waals surface area (Å²) >= 11 is 1.72. The highest BCUT2D eigenvalue weighted by Crippen LogP contribution is 2.38. The summed E-state index contributed by atoms with van der Waals surface area (Å²) in [4.78, 5) is 6.00. The summed E-state index contributed by atoms with van der Waals surface area (Å²) in [6.45, 7) is 0. The number of para-hydroxylation sites is 1. The van der Waals surface area contributed by atoms with Crippen molar-refractivity contribution in [3.05, 3.63) is 78.9 Å². The lowest BCUT2D eigenvalue weighted by molar-refractivity contribution is 0.415. The summed E-state index contributed by atoms with van der Waals surface area (Å²) in [5, 5.41) is 0. The fourth-order valence-electron chi connectivity index (χ4n) is 3.33. The zero-order valence-electron chi connectivity index (χ0n) is 14.2. The van der Waals surface area contributed by atoms with Crippen LogP contribution >= 0.6 is 11.3 Å². The van der Waals surface area contributed by atoms with Gasteiger partial charge in [-0.15, -0.1) is 0 Å². The van der Waals surface area contributed by atoms with Gasteiger partial charge in [-0.05, 0) is 36.4 Å². The molecular weight excluding hydrogens is 340 g/mol. The molecule has 0 bridgehead atoms. The standard InChI is InChI=1S/C22H16N2OS/c1-25-17-13-11-16(12-14-17)21-20(15-7-3-2-4-8-15)23-22-24(21)18-9-5-6-10-19(18)26-22/h2-14H,1H3. The fraction of sp³-hybridized carbons (Fsp3) is 0.0455. The maximum absolute atomic E-state index is 5.32. The van der Waals surface area contributed by atoms with Crippen LogP contribution in [0.25, 0.3) is 37.7 Å². The molecule has 0 radical (unpaired) electrons. The highest BCUT2D eigenvalue weighted by atomic mass is 32.1. The van der Waals surface area contributed by atoms with E-state index in [0.29, 0.717) is 0 Å². The van der Waals surface area contributed by atoms with Gasteiger partial charge < -0.3 is 4.74 Å². The van der Waals surface area contributed by atoms with Gasteiger partial charge in [-0.3, -0.25) is 4.40 Å². The molecule has 126 valence electrons. The van der Waals surface area contributed by atoms with E-state index in [1.54, 1.807) is 18.4 Å². The lowest BCUT2D eigenvalue weighted by Gasteiger charge is -2.07. The van der Waals surface area contributed by atoms with Crippen LogP contribution in [-0.4, -0.2) is 16.5 Å². The van der Waals surface area contributed by atoms with Crippen LogP contribution in [0.1, 0.15) is 0 Å². The van der Waals surface area contributed by atoms with Crippen LogP contribution in [0.2, 0.25) is 0 Å². The van der Waals surface area contributed by atoms with Crippen LogP contribution in [0.15, 0.2) is 78.9 Å². The third kappa shape index (κ3) is 2.30. The fourth-order valence-corrected chi connectivity index (χ4v) is 4.36. The van der Waals surface area contributed by atoms with Gasteiger partial charge in [0.2, 0.25) is 0 Å². The number of imidazole rings is 1. The van der Waals surface area contributed by atoms with Gasteiger partial charge in [0.25, 0.3) is 0 Å². The van der Waals surface area contributed by atoms with Gasteiger partial charge >= 0.3 is 0 Å². The van der Waals surface area contributed by atoms with Crippen LogP contribution in [0.4, 0.5) is 0 Å². The summed E-state index contributed by atoms with van der Waals surface area (Å²) in [7, 11) is 1.69. The SMILES string of the molecule is COc1ccc(-c2c(-c3ccccc3)nc3sc4ccccc4n23)cc1. The van der Waals surface area contributed by atoms with E-state index in [2.05, 4.69) is 65.1 Å². The molecule has 2 aromatic heterocycles. The smallest absolute Gasteiger partial charge is 0.195 e. The molecule has 5 rings (SSSR count). The summed E-state index contributed by atoms with van der Waals surface area (Å²) in [5.74, 6) is 0.853. The van der Waals surface area contributed by atoms with Crippen molar-refractivity contribution in [3.63, 3.8) is 0 Å². The third-order valence-electron chi connectivity index (χ3n) is 4.56. The molecule has 0 fully saturated rings. The zero-order chi connectivity index (χ0) is 17.5. The number of fused-ring (bicyclic) bond motifs is 3. The number of benzene rings is 3. The zero-order valence-corrected chi connectivity index (χ0v) is 15.0. The number of methoxy groups -OCH3 is 1. The van der Waals surface area contributed by atoms with Gasteiger partial charge in [0.05, 0.1) is 28.7 Å². The molecule has 0 aliphatic heterocycles. The Kier molecular flexibility index (Phi) is 3.50. The molecule has 0 spiro atoms. The number of thiazole rings is 1. The summed E-state index contributed by atoms with van der Waals surface area (Å²) in [6, 6.07) is 27.0. The van der Waals surface area contributed by atoms with Crippen molar-refractivity contribution < 1.29 is 4.74 Å². The van der Waals surface area contributed by atoms with Crippen molar-refractivity contribution in [1.29, 1.82) is 0 Å². The van der Waals surface area contributed by atoms with Crippen LogP contribution in [0, 0.1) is 0 Å². The van der Waals surface area contributed by atoms with Crippen LogP contribution < -0.4 is 4.74 Å². The number of hydrogen-bond donors (Lipinski definition) is 0. The molecule has 3 nitrogen and oxygen atoms in total. The summed E-state index contributed by atoms with van der Waals surface area (Å²) in [6.07, 6.45) is 0. The molecule has 0 saturated heterocycles. The molecule has 0 atom stereocenters. The van der Waals surface area contributed by atoms with E-state index in [-0.39, 0.29) is 0 Å². The van der Waals surface area contributed by atoms with Gasteiger partial charge in [0, 0.05) is 11.1 Å². The number of aromatic nitrogens is 2. The van der Waals surface area contributed by atoms with Crippen LogP contribution in [0.3, 0.4) is 0 Å². The normalized spacial score (nSPS) is 11.3. The molecule has 0 N–H and O–H groups in total. The van der Waals surface area contributed by atoms with E-state index >= 15 is 0 Å².